The number of thiazole rings is 1. The van der Waals surface area contributed by atoms with Crippen molar-refractivity contribution in [3.8, 4) is 0 Å². The van der Waals surface area contributed by atoms with Gasteiger partial charge in [-0.3, -0.25) is 0 Å². The van der Waals surface area contributed by atoms with Crippen LogP contribution in [0.25, 0.3) is 10.2 Å². The van der Waals surface area contributed by atoms with Crippen molar-refractivity contribution in [1.82, 2.24) is 4.98 Å². The molecule has 1 aliphatic carbocycles. The number of benzene rings is 1. The highest BCUT2D eigenvalue weighted by atomic mass is 32.1. The molecule has 0 saturated heterocycles. The molecule has 96 valence electrons. The average molecular weight is 260 g/mol. The highest BCUT2D eigenvalue weighted by Gasteiger charge is 2.39. The third kappa shape index (κ3) is 1.69. The van der Waals surface area contributed by atoms with Crippen molar-refractivity contribution in [1.29, 1.82) is 0 Å². The predicted octanol–water partition coefficient (Wildman–Crippen LogP) is 3.80. The third-order valence-electron chi connectivity index (χ3n) is 4.20. The third-order valence-corrected chi connectivity index (χ3v) is 5.52. The van der Waals surface area contributed by atoms with Crippen LogP contribution in [0.3, 0.4) is 0 Å². The molecule has 1 saturated carbocycles. The number of hydrogen-bond donors (Lipinski definition) is 1. The number of nitrogens with zero attached hydrogens (tertiary/aromatic N) is 1. The minimum atomic E-state index is 0.210. The van der Waals surface area contributed by atoms with Gasteiger partial charge in [-0.1, -0.05) is 32.4 Å². The molecule has 2 nitrogen and oxygen atoms in total. The van der Waals surface area contributed by atoms with E-state index in [1.807, 2.05) is 11.3 Å². The molecule has 1 aliphatic rings. The van der Waals surface area contributed by atoms with Gasteiger partial charge in [0.15, 0.2) is 0 Å². The lowest BCUT2D eigenvalue weighted by molar-refractivity contribution is 0.255. The second-order valence-electron chi connectivity index (χ2n) is 5.70. The molecule has 18 heavy (non-hydrogen) atoms. The van der Waals surface area contributed by atoms with Crippen molar-refractivity contribution >= 4 is 21.6 Å². The Labute approximate surface area is 112 Å². The second-order valence-corrected chi connectivity index (χ2v) is 6.76. The fourth-order valence-electron chi connectivity index (χ4n) is 2.83. The van der Waals surface area contributed by atoms with E-state index in [2.05, 4.69) is 32.0 Å². The molecule has 0 radical (unpaired) electrons. The Hall–Kier alpha value is -0.930. The Morgan fingerprint density at radius 2 is 2.17 bits per heavy atom. The molecule has 0 bridgehead atoms. The van der Waals surface area contributed by atoms with Gasteiger partial charge >= 0.3 is 0 Å². The maximum atomic E-state index is 6.03. The fraction of sp³-hybridized carbons (Fsp3) is 0.533. The zero-order valence-corrected chi connectivity index (χ0v) is 11.9. The van der Waals surface area contributed by atoms with E-state index in [4.69, 9.17) is 10.7 Å². The topological polar surface area (TPSA) is 38.9 Å². The van der Waals surface area contributed by atoms with E-state index in [0.29, 0.717) is 5.92 Å². The average Bonchev–Trinajstić information content (AvgIpc) is 2.73. The monoisotopic (exact) mass is 260 g/mol. The van der Waals surface area contributed by atoms with Crippen LogP contribution in [-0.4, -0.2) is 11.5 Å². The molecule has 1 heterocycles. The lowest BCUT2D eigenvalue weighted by Gasteiger charge is -2.41. The van der Waals surface area contributed by atoms with E-state index in [9.17, 15) is 0 Å². The Bertz CT molecular complexity index is 561. The van der Waals surface area contributed by atoms with E-state index in [1.165, 1.54) is 40.1 Å². The van der Waals surface area contributed by atoms with Gasteiger partial charge in [-0.2, -0.15) is 0 Å². The largest absolute Gasteiger partial charge is 0.330 e. The van der Waals surface area contributed by atoms with Gasteiger partial charge in [-0.25, -0.2) is 4.98 Å². The maximum Gasteiger partial charge on any atom is 0.0964 e. The van der Waals surface area contributed by atoms with E-state index >= 15 is 0 Å². The summed E-state index contributed by atoms with van der Waals surface area (Å²) in [4.78, 5) is 4.87. The molecule has 0 unspecified atom stereocenters. The van der Waals surface area contributed by atoms with Gasteiger partial charge in [-0.15, -0.1) is 11.3 Å². The fourth-order valence-corrected chi connectivity index (χ4v) is 3.82. The van der Waals surface area contributed by atoms with Crippen LogP contribution < -0.4 is 5.73 Å². The summed E-state index contributed by atoms with van der Waals surface area (Å²) in [5.41, 5.74) is 8.84. The molecule has 1 aromatic carbocycles. The molecular formula is C15H20N2S. The molecule has 1 aromatic heterocycles. The number of fused-ring (bicyclic) bond motifs is 1. The van der Waals surface area contributed by atoms with E-state index in [0.717, 1.165) is 6.54 Å². The smallest absolute Gasteiger partial charge is 0.0964 e. The Morgan fingerprint density at radius 1 is 1.39 bits per heavy atom. The highest BCUT2D eigenvalue weighted by molar-refractivity contribution is 7.18. The van der Waals surface area contributed by atoms with Crippen molar-refractivity contribution in [3.63, 3.8) is 0 Å². The SMILES string of the molecule is CC(C)c1nc2c(C3(CN)CCC3)cccc2s1. The molecule has 2 aromatic rings. The van der Waals surface area contributed by atoms with Crippen LogP contribution in [-0.2, 0) is 5.41 Å². The van der Waals surface area contributed by atoms with Crippen LogP contribution in [0.2, 0.25) is 0 Å². The summed E-state index contributed by atoms with van der Waals surface area (Å²) in [7, 11) is 0. The van der Waals surface area contributed by atoms with Gasteiger partial charge in [0, 0.05) is 17.9 Å². The van der Waals surface area contributed by atoms with Gasteiger partial charge < -0.3 is 5.73 Å². The summed E-state index contributed by atoms with van der Waals surface area (Å²) in [6, 6.07) is 6.58. The Balaban J connectivity index is 2.17. The van der Waals surface area contributed by atoms with Crippen molar-refractivity contribution in [3.05, 3.63) is 28.8 Å². The standard InChI is InChI=1S/C15H20N2S/c1-10(2)14-17-13-11(5-3-6-12(13)18-14)15(9-16)7-4-8-15/h3,5-6,10H,4,7-9,16H2,1-2H3. The maximum absolute atomic E-state index is 6.03. The lowest BCUT2D eigenvalue weighted by atomic mass is 9.64. The second kappa shape index (κ2) is 4.32. The number of rotatable bonds is 3. The van der Waals surface area contributed by atoms with Crippen molar-refractivity contribution in [2.24, 2.45) is 5.73 Å². The molecule has 0 aliphatic heterocycles. The van der Waals surface area contributed by atoms with E-state index in [-0.39, 0.29) is 5.41 Å². The molecule has 3 heteroatoms. The molecule has 1 fully saturated rings. The predicted molar refractivity (Wildman–Crippen MR) is 78.3 cm³/mol. The zero-order valence-electron chi connectivity index (χ0n) is 11.1. The first-order valence-corrected chi connectivity index (χ1v) is 7.58. The number of aromatic nitrogens is 1. The first-order chi connectivity index (χ1) is 8.66. The van der Waals surface area contributed by atoms with Crippen LogP contribution in [0.15, 0.2) is 18.2 Å². The van der Waals surface area contributed by atoms with Gasteiger partial charge in [0.2, 0.25) is 0 Å². The first-order valence-electron chi connectivity index (χ1n) is 6.76. The summed E-state index contributed by atoms with van der Waals surface area (Å²) in [5, 5.41) is 1.24. The first kappa shape index (κ1) is 12.1. The quantitative estimate of drug-likeness (QED) is 0.911. The van der Waals surface area contributed by atoms with Gasteiger partial charge in [-0.05, 0) is 24.5 Å². The Kier molecular flexibility index (Phi) is 2.91. The Morgan fingerprint density at radius 3 is 2.72 bits per heavy atom. The van der Waals surface area contributed by atoms with Crippen LogP contribution in [0.5, 0.6) is 0 Å². The minimum Gasteiger partial charge on any atom is -0.330 e. The summed E-state index contributed by atoms with van der Waals surface area (Å²) in [5.74, 6) is 0.505. The minimum absolute atomic E-state index is 0.210. The van der Waals surface area contributed by atoms with Crippen LogP contribution in [0.4, 0.5) is 0 Å². The van der Waals surface area contributed by atoms with Crippen molar-refractivity contribution < 1.29 is 0 Å². The number of hydrogen-bond acceptors (Lipinski definition) is 3. The summed E-state index contributed by atoms with van der Waals surface area (Å²) >= 11 is 1.83. The van der Waals surface area contributed by atoms with Gasteiger partial charge in [0.05, 0.1) is 15.2 Å². The highest BCUT2D eigenvalue weighted by Crippen LogP contribution is 2.46. The molecule has 0 amide bonds. The van der Waals surface area contributed by atoms with Crippen LogP contribution in [0.1, 0.15) is 49.6 Å². The lowest BCUT2D eigenvalue weighted by Crippen LogP contribution is -2.41. The molecule has 2 N–H and O–H groups in total. The summed E-state index contributed by atoms with van der Waals surface area (Å²) < 4.78 is 1.32. The van der Waals surface area contributed by atoms with E-state index < -0.39 is 0 Å². The molecular weight excluding hydrogens is 240 g/mol. The summed E-state index contributed by atoms with van der Waals surface area (Å²) in [6.07, 6.45) is 3.74. The summed E-state index contributed by atoms with van der Waals surface area (Å²) in [6.45, 7) is 5.17. The van der Waals surface area contributed by atoms with Crippen LogP contribution in [0, 0.1) is 0 Å². The van der Waals surface area contributed by atoms with Crippen molar-refractivity contribution in [2.45, 2.75) is 44.4 Å². The van der Waals surface area contributed by atoms with Crippen LogP contribution >= 0.6 is 11.3 Å². The molecule has 0 spiro atoms. The van der Waals surface area contributed by atoms with Gasteiger partial charge in [0.25, 0.3) is 0 Å². The number of nitrogens with two attached hydrogens (primary N) is 1. The van der Waals surface area contributed by atoms with Crippen molar-refractivity contribution in [2.75, 3.05) is 6.54 Å². The normalized spacial score (nSPS) is 18.2. The van der Waals surface area contributed by atoms with Gasteiger partial charge in [0.1, 0.15) is 0 Å². The molecule has 0 atom stereocenters. The van der Waals surface area contributed by atoms with E-state index in [1.54, 1.807) is 0 Å². The zero-order chi connectivity index (χ0) is 12.8. The molecule has 3 rings (SSSR count). The number of para-hydroxylation sites is 1.